The summed E-state index contributed by atoms with van der Waals surface area (Å²) in [4.78, 5) is 4.30. The summed E-state index contributed by atoms with van der Waals surface area (Å²) < 4.78 is 0. The van der Waals surface area contributed by atoms with Gasteiger partial charge in [0.15, 0.2) is 0 Å². The molecule has 0 atom stereocenters. The van der Waals surface area contributed by atoms with Crippen LogP contribution in [0.4, 0.5) is 0 Å². The average Bonchev–Trinajstić information content (AvgIpc) is 2.38. The predicted octanol–water partition coefficient (Wildman–Crippen LogP) is 5.43. The summed E-state index contributed by atoms with van der Waals surface area (Å²) in [6.45, 7) is 15.9. The first-order valence-corrected chi connectivity index (χ1v) is 7.06. The van der Waals surface area contributed by atoms with E-state index >= 15 is 0 Å². The lowest BCUT2D eigenvalue weighted by Crippen LogP contribution is -1.97. The van der Waals surface area contributed by atoms with Gasteiger partial charge in [-0.1, -0.05) is 30.9 Å². The largest absolute Gasteiger partial charge is 0.262 e. The van der Waals surface area contributed by atoms with Crippen LogP contribution in [-0.2, 0) is 6.42 Å². The zero-order chi connectivity index (χ0) is 15.1. The second kappa shape index (κ2) is 7.64. The van der Waals surface area contributed by atoms with Crippen molar-refractivity contribution in [3.05, 3.63) is 65.4 Å². The Hall–Kier alpha value is -1.89. The SMILES string of the molecule is C=CCCc1c(C)cc(C(/C=N\C(=C)C)=C/C)cc1C. The Bertz CT molecular complexity index is 536. The maximum absolute atomic E-state index is 4.30. The highest BCUT2D eigenvalue weighted by Crippen LogP contribution is 2.23. The molecule has 0 spiro atoms. The number of aryl methyl sites for hydroxylation is 2. The van der Waals surface area contributed by atoms with Crippen LogP contribution in [0.25, 0.3) is 5.57 Å². The summed E-state index contributed by atoms with van der Waals surface area (Å²) in [6, 6.07) is 4.48. The quantitative estimate of drug-likeness (QED) is 0.481. The van der Waals surface area contributed by atoms with E-state index < -0.39 is 0 Å². The van der Waals surface area contributed by atoms with E-state index in [9.17, 15) is 0 Å². The van der Waals surface area contributed by atoms with Gasteiger partial charge in [-0.15, -0.1) is 6.58 Å². The summed E-state index contributed by atoms with van der Waals surface area (Å²) in [5, 5.41) is 0. The van der Waals surface area contributed by atoms with Crippen LogP contribution in [0.3, 0.4) is 0 Å². The third kappa shape index (κ3) is 4.34. The van der Waals surface area contributed by atoms with Crippen LogP contribution in [0.2, 0.25) is 0 Å². The van der Waals surface area contributed by atoms with Crippen LogP contribution in [0.1, 0.15) is 42.5 Å². The number of allylic oxidation sites excluding steroid dienone is 4. The first kappa shape index (κ1) is 16.2. The monoisotopic (exact) mass is 267 g/mol. The Morgan fingerprint density at radius 1 is 1.25 bits per heavy atom. The van der Waals surface area contributed by atoms with E-state index in [2.05, 4.69) is 50.2 Å². The number of aliphatic imine (C=N–C) groups is 1. The Kier molecular flexibility index (Phi) is 6.17. The summed E-state index contributed by atoms with van der Waals surface area (Å²) in [7, 11) is 0. The third-order valence-corrected chi connectivity index (χ3v) is 3.36. The minimum atomic E-state index is 0.820. The molecule has 0 bridgehead atoms. The van der Waals surface area contributed by atoms with Gasteiger partial charge in [-0.25, -0.2) is 0 Å². The number of hydrogen-bond donors (Lipinski definition) is 0. The Labute approximate surface area is 123 Å². The minimum absolute atomic E-state index is 0.820. The van der Waals surface area contributed by atoms with E-state index in [-0.39, 0.29) is 0 Å². The Morgan fingerprint density at radius 3 is 2.30 bits per heavy atom. The Morgan fingerprint density at radius 2 is 1.85 bits per heavy atom. The second-order valence-corrected chi connectivity index (χ2v) is 5.15. The summed E-state index contributed by atoms with van der Waals surface area (Å²) in [5.41, 5.74) is 7.28. The van der Waals surface area contributed by atoms with Crippen molar-refractivity contribution in [3.63, 3.8) is 0 Å². The topological polar surface area (TPSA) is 12.4 Å². The number of nitrogens with zero attached hydrogens (tertiary/aromatic N) is 1. The molecule has 106 valence electrons. The summed E-state index contributed by atoms with van der Waals surface area (Å²) >= 11 is 0. The molecule has 0 saturated carbocycles. The van der Waals surface area contributed by atoms with Crippen molar-refractivity contribution in [1.29, 1.82) is 0 Å². The molecule has 0 fully saturated rings. The number of hydrogen-bond acceptors (Lipinski definition) is 1. The fourth-order valence-corrected chi connectivity index (χ4v) is 2.30. The number of benzene rings is 1. The average molecular weight is 267 g/mol. The molecule has 0 aliphatic rings. The molecule has 0 amide bonds. The number of rotatable bonds is 6. The normalized spacial score (nSPS) is 11.9. The van der Waals surface area contributed by atoms with Crippen molar-refractivity contribution in [2.24, 2.45) is 4.99 Å². The molecule has 0 N–H and O–H groups in total. The van der Waals surface area contributed by atoms with Crippen LogP contribution >= 0.6 is 0 Å². The Balaban J connectivity index is 3.14. The van der Waals surface area contributed by atoms with Gasteiger partial charge in [0.05, 0.1) is 0 Å². The molecule has 0 aromatic heterocycles. The van der Waals surface area contributed by atoms with E-state index in [4.69, 9.17) is 0 Å². The van der Waals surface area contributed by atoms with Crippen molar-refractivity contribution < 1.29 is 0 Å². The van der Waals surface area contributed by atoms with Gasteiger partial charge in [-0.3, -0.25) is 4.99 Å². The molecule has 0 saturated heterocycles. The minimum Gasteiger partial charge on any atom is -0.262 e. The highest BCUT2D eigenvalue weighted by Gasteiger charge is 2.06. The fraction of sp³-hybridized carbons (Fsp3) is 0.316. The van der Waals surface area contributed by atoms with Crippen molar-refractivity contribution >= 4 is 11.8 Å². The molecule has 0 heterocycles. The van der Waals surface area contributed by atoms with E-state index in [0.29, 0.717) is 0 Å². The molecule has 0 radical (unpaired) electrons. The zero-order valence-electron chi connectivity index (χ0n) is 13.2. The molecule has 1 aromatic carbocycles. The van der Waals surface area contributed by atoms with Crippen LogP contribution in [0, 0.1) is 13.8 Å². The van der Waals surface area contributed by atoms with Crippen molar-refractivity contribution in [1.82, 2.24) is 0 Å². The van der Waals surface area contributed by atoms with Crippen LogP contribution in [0.5, 0.6) is 0 Å². The standard InChI is InChI=1S/C19H25N/c1-7-9-10-19-15(5)11-18(12-16(19)6)17(8-2)13-20-14(3)4/h7-8,11-13H,1,3,9-10H2,2,4-6H3/b17-8+,20-13-. The molecular weight excluding hydrogens is 242 g/mol. The van der Waals surface area contributed by atoms with E-state index in [1.54, 1.807) is 0 Å². The summed E-state index contributed by atoms with van der Waals surface area (Å²) in [6.07, 6.45) is 8.04. The van der Waals surface area contributed by atoms with Gasteiger partial charge in [0.25, 0.3) is 0 Å². The van der Waals surface area contributed by atoms with Crippen molar-refractivity contribution in [2.45, 2.75) is 40.5 Å². The molecule has 1 rings (SSSR count). The second-order valence-electron chi connectivity index (χ2n) is 5.15. The highest BCUT2D eigenvalue weighted by molar-refractivity contribution is 6.10. The molecule has 1 aromatic rings. The molecule has 0 aliphatic heterocycles. The van der Waals surface area contributed by atoms with Gasteiger partial charge in [0, 0.05) is 11.9 Å². The molecule has 20 heavy (non-hydrogen) atoms. The maximum atomic E-state index is 4.30. The lowest BCUT2D eigenvalue weighted by Gasteiger charge is -2.12. The van der Waals surface area contributed by atoms with Gasteiger partial charge >= 0.3 is 0 Å². The smallest absolute Gasteiger partial charge is 0.0345 e. The highest BCUT2D eigenvalue weighted by atomic mass is 14.7. The van der Waals surface area contributed by atoms with Gasteiger partial charge in [-0.2, -0.15) is 0 Å². The van der Waals surface area contributed by atoms with Crippen LogP contribution in [-0.4, -0.2) is 6.21 Å². The third-order valence-electron chi connectivity index (χ3n) is 3.36. The van der Waals surface area contributed by atoms with Crippen LogP contribution in [0.15, 0.2) is 48.1 Å². The lowest BCUT2D eigenvalue weighted by molar-refractivity contribution is 0.973. The molecule has 0 aliphatic carbocycles. The molecule has 0 unspecified atom stereocenters. The molecular formula is C19H25N. The lowest BCUT2D eigenvalue weighted by atomic mass is 9.93. The molecule has 1 nitrogen and oxygen atoms in total. The first-order valence-electron chi connectivity index (χ1n) is 7.06. The van der Waals surface area contributed by atoms with Crippen molar-refractivity contribution in [2.75, 3.05) is 0 Å². The van der Waals surface area contributed by atoms with E-state index in [1.807, 2.05) is 26.1 Å². The van der Waals surface area contributed by atoms with E-state index in [0.717, 1.165) is 24.1 Å². The summed E-state index contributed by atoms with van der Waals surface area (Å²) in [5.74, 6) is 0. The predicted molar refractivity (Wildman–Crippen MR) is 91.4 cm³/mol. The van der Waals surface area contributed by atoms with Gasteiger partial charge < -0.3 is 0 Å². The van der Waals surface area contributed by atoms with Gasteiger partial charge in [-0.05, 0) is 68.4 Å². The van der Waals surface area contributed by atoms with Crippen LogP contribution < -0.4 is 0 Å². The molecule has 1 heteroatoms. The fourth-order valence-electron chi connectivity index (χ4n) is 2.30. The maximum Gasteiger partial charge on any atom is 0.0345 e. The first-order chi connectivity index (χ1) is 9.49. The zero-order valence-corrected chi connectivity index (χ0v) is 13.2. The van der Waals surface area contributed by atoms with E-state index in [1.165, 1.54) is 22.3 Å². The van der Waals surface area contributed by atoms with Gasteiger partial charge in [0.1, 0.15) is 0 Å². The van der Waals surface area contributed by atoms with Gasteiger partial charge in [0.2, 0.25) is 0 Å². The van der Waals surface area contributed by atoms with Crippen molar-refractivity contribution in [3.8, 4) is 0 Å².